The van der Waals surface area contributed by atoms with Gasteiger partial charge in [-0.2, -0.15) is 0 Å². The topological polar surface area (TPSA) is 52.3 Å². The Balaban J connectivity index is 0.000000122. The van der Waals surface area contributed by atoms with E-state index in [1.54, 1.807) is 25.3 Å². The van der Waals surface area contributed by atoms with Crippen molar-refractivity contribution in [3.63, 3.8) is 0 Å². The Morgan fingerprint density at radius 3 is 2.63 bits per heavy atom. The zero-order valence-corrected chi connectivity index (χ0v) is 10.3. The minimum Gasteiger partial charge on any atom is -0.496 e. The standard InChI is InChI=1S/C8H5NO2.C7H6O/c10-4-6-1-2-7-8(3-6)11-5-9-7;1-8-7-4-5-2-3-6(5)7/h1-5H;2-4H,1H3. The first-order valence-electron chi connectivity index (χ1n) is 5.78. The molecule has 0 spiro atoms. The molecule has 4 rings (SSSR count). The Labute approximate surface area is 108 Å². The lowest BCUT2D eigenvalue weighted by molar-refractivity contribution is 0.112. The van der Waals surface area contributed by atoms with Gasteiger partial charge in [-0.15, -0.1) is 0 Å². The molecule has 1 aromatic heterocycles. The highest BCUT2D eigenvalue weighted by atomic mass is 16.5. The van der Waals surface area contributed by atoms with Gasteiger partial charge in [-0.1, -0.05) is 12.1 Å². The van der Waals surface area contributed by atoms with Crippen molar-refractivity contribution in [1.82, 2.24) is 4.98 Å². The number of hydrogen-bond donors (Lipinski definition) is 0. The number of ether oxygens (including phenoxy) is 1. The fourth-order valence-corrected chi connectivity index (χ4v) is 1.87. The highest BCUT2D eigenvalue weighted by Crippen LogP contribution is 2.22. The summed E-state index contributed by atoms with van der Waals surface area (Å²) in [6.45, 7) is 0. The average Bonchev–Trinajstić information content (AvgIpc) is 2.89. The summed E-state index contributed by atoms with van der Waals surface area (Å²) in [6.07, 6.45) is 2.14. The van der Waals surface area contributed by atoms with Crippen LogP contribution >= 0.6 is 0 Å². The van der Waals surface area contributed by atoms with E-state index in [-0.39, 0.29) is 0 Å². The summed E-state index contributed by atoms with van der Waals surface area (Å²) < 4.78 is 9.96. The van der Waals surface area contributed by atoms with Gasteiger partial charge in [0.1, 0.15) is 17.6 Å². The zero-order valence-electron chi connectivity index (χ0n) is 10.3. The fourth-order valence-electron chi connectivity index (χ4n) is 1.87. The van der Waals surface area contributed by atoms with Crippen LogP contribution in [0.2, 0.25) is 0 Å². The molecule has 19 heavy (non-hydrogen) atoms. The van der Waals surface area contributed by atoms with Crippen molar-refractivity contribution in [2.24, 2.45) is 0 Å². The molecule has 2 aromatic rings. The van der Waals surface area contributed by atoms with Gasteiger partial charge in [0, 0.05) is 10.8 Å². The number of rotatable bonds is 2. The maximum Gasteiger partial charge on any atom is 0.181 e. The summed E-state index contributed by atoms with van der Waals surface area (Å²) in [7, 11) is 1.70. The molecule has 1 heterocycles. The van der Waals surface area contributed by atoms with E-state index in [0.717, 1.165) is 17.6 Å². The number of aldehydes is 1. The Hall–Kier alpha value is -2.62. The predicted octanol–water partition coefficient (Wildman–Crippen LogP) is 2.94. The molecule has 0 unspecified atom stereocenters. The van der Waals surface area contributed by atoms with Crippen molar-refractivity contribution in [3.8, 4) is 5.75 Å². The highest BCUT2D eigenvalue weighted by Gasteiger charge is 2.03. The predicted molar refractivity (Wildman–Crippen MR) is 70.1 cm³/mol. The highest BCUT2D eigenvalue weighted by molar-refractivity contribution is 5.83. The summed E-state index contributed by atoms with van der Waals surface area (Å²) >= 11 is 0. The molecule has 0 saturated heterocycles. The van der Waals surface area contributed by atoms with Gasteiger partial charge in [0.2, 0.25) is 0 Å². The van der Waals surface area contributed by atoms with Crippen LogP contribution in [0.5, 0.6) is 5.75 Å². The Morgan fingerprint density at radius 2 is 2.11 bits per heavy atom. The van der Waals surface area contributed by atoms with Crippen LogP contribution < -0.4 is 4.74 Å². The van der Waals surface area contributed by atoms with Gasteiger partial charge < -0.3 is 9.15 Å². The molecule has 0 fully saturated rings. The summed E-state index contributed by atoms with van der Waals surface area (Å²) in [6, 6.07) is 11.3. The van der Waals surface area contributed by atoms with E-state index in [9.17, 15) is 4.79 Å². The number of hydrogen-bond acceptors (Lipinski definition) is 4. The summed E-state index contributed by atoms with van der Waals surface area (Å²) in [5.41, 5.74) is 2.03. The van der Waals surface area contributed by atoms with Gasteiger partial charge in [0.25, 0.3) is 0 Å². The maximum atomic E-state index is 10.3. The number of aromatic nitrogens is 1. The van der Waals surface area contributed by atoms with Crippen molar-refractivity contribution in [3.05, 3.63) is 58.8 Å². The van der Waals surface area contributed by atoms with E-state index in [2.05, 4.69) is 17.1 Å². The molecule has 0 radical (unpaired) electrons. The molecule has 1 aromatic carbocycles. The van der Waals surface area contributed by atoms with E-state index < -0.39 is 0 Å². The SMILES string of the molecule is COc1cc2ccc1=2.O=Cc1ccc2ncoc2c1. The Kier molecular flexibility index (Phi) is 2.76. The molecule has 2 aliphatic carbocycles. The number of methoxy groups -OCH3 is 1. The molecule has 94 valence electrons. The van der Waals surface area contributed by atoms with Crippen molar-refractivity contribution >= 4 is 17.4 Å². The van der Waals surface area contributed by atoms with Gasteiger partial charge in [-0.05, 0) is 29.5 Å². The minimum absolute atomic E-state index is 0.606. The molecule has 0 amide bonds. The van der Waals surface area contributed by atoms with E-state index >= 15 is 0 Å². The van der Waals surface area contributed by atoms with Crippen LogP contribution in [0, 0.1) is 10.4 Å². The first-order chi connectivity index (χ1) is 9.31. The smallest absolute Gasteiger partial charge is 0.181 e. The number of oxazole rings is 1. The second kappa shape index (κ2) is 4.57. The minimum atomic E-state index is 0.606. The number of carbonyl (C=O) groups excluding carboxylic acids is 1. The normalized spacial score (nSPS) is 10.6. The van der Waals surface area contributed by atoms with Crippen LogP contribution in [0.15, 0.2) is 47.2 Å². The third-order valence-electron chi connectivity index (χ3n) is 3.00. The maximum absolute atomic E-state index is 10.3. The van der Waals surface area contributed by atoms with Crippen molar-refractivity contribution in [2.75, 3.05) is 7.11 Å². The van der Waals surface area contributed by atoms with Gasteiger partial charge in [0.05, 0.1) is 7.11 Å². The molecule has 0 aliphatic heterocycles. The first kappa shape index (κ1) is 11.5. The second-order valence-corrected chi connectivity index (χ2v) is 4.11. The lowest BCUT2D eigenvalue weighted by Crippen LogP contribution is -1.92. The molecular formula is C15H11NO3. The van der Waals surface area contributed by atoms with Crippen LogP contribution in [0.3, 0.4) is 0 Å². The second-order valence-electron chi connectivity index (χ2n) is 4.11. The summed E-state index contributed by atoms with van der Waals surface area (Å²) in [5.74, 6) is 1.03. The largest absolute Gasteiger partial charge is 0.496 e. The van der Waals surface area contributed by atoms with Crippen LogP contribution in [-0.2, 0) is 0 Å². The molecule has 0 N–H and O–H groups in total. The van der Waals surface area contributed by atoms with E-state index in [0.29, 0.717) is 11.1 Å². The molecular weight excluding hydrogens is 242 g/mol. The number of nitrogens with zero attached hydrogens (tertiary/aromatic N) is 1. The molecule has 0 saturated carbocycles. The first-order valence-corrected chi connectivity index (χ1v) is 5.78. The molecule has 2 aliphatic rings. The van der Waals surface area contributed by atoms with Crippen LogP contribution in [-0.4, -0.2) is 18.4 Å². The fraction of sp³-hybridized carbons (Fsp3) is 0.0667. The Morgan fingerprint density at radius 1 is 1.21 bits per heavy atom. The summed E-state index contributed by atoms with van der Waals surface area (Å²) in [5, 5.41) is 2.62. The third kappa shape index (κ3) is 1.97. The molecule has 4 nitrogen and oxygen atoms in total. The van der Waals surface area contributed by atoms with Crippen LogP contribution in [0.1, 0.15) is 10.4 Å². The van der Waals surface area contributed by atoms with Crippen LogP contribution in [0.4, 0.5) is 0 Å². The van der Waals surface area contributed by atoms with Crippen molar-refractivity contribution in [1.29, 1.82) is 0 Å². The molecule has 4 heteroatoms. The molecule has 0 bridgehead atoms. The number of carbonyl (C=O) groups is 1. The molecule has 0 atom stereocenters. The Bertz CT molecular complexity index is 836. The monoisotopic (exact) mass is 253 g/mol. The van der Waals surface area contributed by atoms with Crippen molar-refractivity contribution in [2.45, 2.75) is 0 Å². The van der Waals surface area contributed by atoms with Gasteiger partial charge in [-0.3, -0.25) is 4.79 Å². The zero-order chi connectivity index (χ0) is 13.2. The van der Waals surface area contributed by atoms with Crippen LogP contribution in [0.25, 0.3) is 11.1 Å². The van der Waals surface area contributed by atoms with Crippen molar-refractivity contribution < 1.29 is 13.9 Å². The lowest BCUT2D eigenvalue weighted by atomic mass is 10.1. The number of benzene rings is 2. The third-order valence-corrected chi connectivity index (χ3v) is 3.00. The lowest BCUT2D eigenvalue weighted by Gasteiger charge is -2.08. The van der Waals surface area contributed by atoms with Gasteiger partial charge >= 0.3 is 0 Å². The summed E-state index contributed by atoms with van der Waals surface area (Å²) in [4.78, 5) is 14.2. The van der Waals surface area contributed by atoms with E-state index in [4.69, 9.17) is 9.15 Å². The van der Waals surface area contributed by atoms with E-state index in [1.165, 1.54) is 16.8 Å². The van der Waals surface area contributed by atoms with Gasteiger partial charge in [-0.25, -0.2) is 4.98 Å². The quantitative estimate of drug-likeness (QED) is 0.515. The van der Waals surface area contributed by atoms with Gasteiger partial charge in [0.15, 0.2) is 12.0 Å². The number of fused-ring (bicyclic) bond motifs is 1. The van der Waals surface area contributed by atoms with E-state index in [1.807, 2.05) is 6.07 Å². The average molecular weight is 253 g/mol.